The molecule has 0 saturated carbocycles. The number of anilines is 3. The van der Waals surface area contributed by atoms with E-state index in [-0.39, 0.29) is 0 Å². The first kappa shape index (κ1) is 25.4. The summed E-state index contributed by atoms with van der Waals surface area (Å²) in [5.74, 6) is 0. The lowest BCUT2D eigenvalue weighted by molar-refractivity contribution is 0.663. The predicted octanol–water partition coefficient (Wildman–Crippen LogP) is 12.3. The Balaban J connectivity index is 1.36. The van der Waals surface area contributed by atoms with Gasteiger partial charge in [0.1, 0.15) is 22.3 Å². The molecule has 0 N–H and O–H groups in total. The van der Waals surface area contributed by atoms with Crippen molar-refractivity contribution >= 4 is 60.9 Å². The lowest BCUT2D eigenvalue weighted by Crippen LogP contribution is -2.09. The molecule has 0 amide bonds. The minimum atomic E-state index is 0.842. The van der Waals surface area contributed by atoms with Gasteiger partial charge in [0.25, 0.3) is 0 Å². The van der Waals surface area contributed by atoms with E-state index in [2.05, 4.69) is 138 Å². The maximum Gasteiger partial charge on any atom is 0.143 e. The third-order valence-electron chi connectivity index (χ3n) is 8.65. The fourth-order valence-corrected chi connectivity index (χ4v) is 6.59. The summed E-state index contributed by atoms with van der Waals surface area (Å²) in [6, 6.07) is 57.2. The van der Waals surface area contributed by atoms with Gasteiger partial charge in [-0.15, -0.1) is 0 Å². The fraction of sp³-hybridized carbons (Fsp3) is 0. The van der Waals surface area contributed by atoms with Crippen LogP contribution >= 0.6 is 0 Å². The van der Waals surface area contributed by atoms with Crippen LogP contribution in [0.3, 0.4) is 0 Å². The summed E-state index contributed by atoms with van der Waals surface area (Å²) in [5.41, 5.74) is 11.2. The van der Waals surface area contributed by atoms with Crippen molar-refractivity contribution in [2.75, 3.05) is 4.90 Å². The summed E-state index contributed by atoms with van der Waals surface area (Å²) in [7, 11) is 0. The van der Waals surface area contributed by atoms with Crippen LogP contribution in [0.25, 0.3) is 66.1 Å². The van der Waals surface area contributed by atoms with Crippen molar-refractivity contribution in [3.63, 3.8) is 0 Å². The topological polar surface area (TPSA) is 29.5 Å². The van der Waals surface area contributed by atoms with E-state index >= 15 is 0 Å². The molecule has 0 fully saturated rings. The van der Waals surface area contributed by atoms with Gasteiger partial charge in [0.2, 0.25) is 0 Å². The number of furan rings is 2. The smallest absolute Gasteiger partial charge is 0.143 e. The van der Waals surface area contributed by atoms with Crippen LogP contribution in [0.4, 0.5) is 17.1 Å². The zero-order valence-corrected chi connectivity index (χ0v) is 24.4. The summed E-state index contributed by atoms with van der Waals surface area (Å²) >= 11 is 0. The summed E-state index contributed by atoms with van der Waals surface area (Å²) in [5, 5.41) is 4.29. The van der Waals surface area contributed by atoms with Crippen LogP contribution in [0.15, 0.2) is 173 Å². The summed E-state index contributed by atoms with van der Waals surface area (Å²) in [4.78, 5) is 2.31. The standard InChI is InChI=1S/C42H27NO2/c1-4-12-28(13-5-1)29-20-22-30(23-21-29)35-26-33(43(31-14-6-2-7-15-31)32-16-8-3-9-17-32)27-36-41-39(45-42(35)36)25-24-38-40(41)34-18-10-11-19-37(34)44-38/h1-27H. The van der Waals surface area contributed by atoms with Gasteiger partial charge < -0.3 is 13.7 Å². The molecule has 0 aliphatic rings. The van der Waals surface area contributed by atoms with E-state index < -0.39 is 0 Å². The van der Waals surface area contributed by atoms with Gasteiger partial charge in [0, 0.05) is 44.2 Å². The van der Waals surface area contributed by atoms with E-state index in [0.29, 0.717) is 0 Å². The molecule has 9 aromatic rings. The van der Waals surface area contributed by atoms with Gasteiger partial charge in [-0.1, -0.05) is 109 Å². The summed E-state index contributed by atoms with van der Waals surface area (Å²) in [6.45, 7) is 0. The molecule has 212 valence electrons. The predicted molar refractivity (Wildman–Crippen MR) is 187 cm³/mol. The van der Waals surface area contributed by atoms with E-state index in [1.807, 2.05) is 30.3 Å². The molecule has 7 aromatic carbocycles. The number of hydrogen-bond donors (Lipinski definition) is 0. The minimum absolute atomic E-state index is 0.842. The molecule has 0 unspecified atom stereocenters. The van der Waals surface area contributed by atoms with Gasteiger partial charge in [0.15, 0.2) is 0 Å². The molecular weight excluding hydrogens is 550 g/mol. The van der Waals surface area contributed by atoms with Gasteiger partial charge in [-0.05, 0) is 71.3 Å². The van der Waals surface area contributed by atoms with E-state index in [1.165, 1.54) is 11.1 Å². The molecule has 45 heavy (non-hydrogen) atoms. The summed E-state index contributed by atoms with van der Waals surface area (Å²) in [6.07, 6.45) is 0. The average Bonchev–Trinajstić information content (AvgIpc) is 3.68. The molecule has 9 rings (SSSR count). The molecule has 0 aliphatic carbocycles. The Morgan fingerprint density at radius 1 is 0.356 bits per heavy atom. The molecule has 0 radical (unpaired) electrons. The first-order valence-electron chi connectivity index (χ1n) is 15.2. The number of hydrogen-bond acceptors (Lipinski definition) is 3. The summed E-state index contributed by atoms with van der Waals surface area (Å²) < 4.78 is 13.1. The Bertz CT molecular complexity index is 2420. The Morgan fingerprint density at radius 3 is 1.58 bits per heavy atom. The quantitative estimate of drug-likeness (QED) is 0.204. The first-order chi connectivity index (χ1) is 22.3. The van der Waals surface area contributed by atoms with Crippen molar-refractivity contribution in [2.45, 2.75) is 0 Å². The van der Waals surface area contributed by atoms with Crippen LogP contribution in [0.1, 0.15) is 0 Å². The monoisotopic (exact) mass is 577 g/mol. The second-order valence-corrected chi connectivity index (χ2v) is 11.3. The lowest BCUT2D eigenvalue weighted by Gasteiger charge is -2.26. The van der Waals surface area contributed by atoms with Crippen molar-refractivity contribution in [1.29, 1.82) is 0 Å². The lowest BCUT2D eigenvalue weighted by atomic mass is 9.97. The molecule has 0 aliphatic heterocycles. The molecule has 0 atom stereocenters. The third-order valence-corrected chi connectivity index (χ3v) is 8.65. The van der Waals surface area contributed by atoms with Crippen LogP contribution in [-0.2, 0) is 0 Å². The van der Waals surface area contributed by atoms with Crippen molar-refractivity contribution in [3.05, 3.63) is 164 Å². The normalized spacial score (nSPS) is 11.6. The maximum atomic E-state index is 6.77. The Kier molecular flexibility index (Phi) is 5.82. The zero-order valence-electron chi connectivity index (χ0n) is 24.4. The molecule has 0 saturated heterocycles. The highest BCUT2D eigenvalue weighted by molar-refractivity contribution is 6.27. The largest absolute Gasteiger partial charge is 0.456 e. The number of benzene rings is 7. The Morgan fingerprint density at radius 2 is 0.889 bits per heavy atom. The van der Waals surface area contributed by atoms with E-state index in [4.69, 9.17) is 8.83 Å². The fourth-order valence-electron chi connectivity index (χ4n) is 6.59. The van der Waals surface area contributed by atoms with Crippen molar-refractivity contribution in [3.8, 4) is 22.3 Å². The second-order valence-electron chi connectivity index (χ2n) is 11.3. The minimum Gasteiger partial charge on any atom is -0.456 e. The molecule has 2 heterocycles. The molecule has 0 bridgehead atoms. The van der Waals surface area contributed by atoms with Gasteiger partial charge in [0.05, 0.1) is 0 Å². The molecular formula is C42H27NO2. The molecule has 2 aromatic heterocycles. The van der Waals surface area contributed by atoms with Gasteiger partial charge >= 0.3 is 0 Å². The zero-order chi connectivity index (χ0) is 29.7. The van der Waals surface area contributed by atoms with Gasteiger partial charge in [-0.2, -0.15) is 0 Å². The average molecular weight is 578 g/mol. The number of rotatable bonds is 5. The van der Waals surface area contributed by atoms with Crippen LogP contribution in [0.2, 0.25) is 0 Å². The molecule has 3 nitrogen and oxygen atoms in total. The van der Waals surface area contributed by atoms with Crippen LogP contribution in [0.5, 0.6) is 0 Å². The van der Waals surface area contributed by atoms with Crippen LogP contribution in [0, 0.1) is 0 Å². The Labute approximate surface area is 260 Å². The first-order valence-corrected chi connectivity index (χ1v) is 15.2. The van der Waals surface area contributed by atoms with Crippen molar-refractivity contribution < 1.29 is 8.83 Å². The third kappa shape index (κ3) is 4.21. The van der Waals surface area contributed by atoms with Crippen molar-refractivity contribution in [2.24, 2.45) is 0 Å². The van der Waals surface area contributed by atoms with E-state index in [9.17, 15) is 0 Å². The second kappa shape index (κ2) is 10.3. The highest BCUT2D eigenvalue weighted by atomic mass is 16.3. The van der Waals surface area contributed by atoms with Crippen LogP contribution in [-0.4, -0.2) is 0 Å². The van der Waals surface area contributed by atoms with Crippen LogP contribution < -0.4 is 4.90 Å². The molecule has 3 heteroatoms. The maximum absolute atomic E-state index is 6.77. The van der Waals surface area contributed by atoms with Crippen molar-refractivity contribution in [1.82, 2.24) is 0 Å². The van der Waals surface area contributed by atoms with Gasteiger partial charge in [-0.3, -0.25) is 0 Å². The molecule has 0 spiro atoms. The van der Waals surface area contributed by atoms with Gasteiger partial charge in [-0.25, -0.2) is 0 Å². The van der Waals surface area contributed by atoms with E-state index in [1.54, 1.807) is 0 Å². The SMILES string of the molecule is c1ccc(-c2ccc(-c3cc(N(c4ccccc4)c4ccccc4)cc4c3oc3ccc5oc6ccccc6c5c34)cc2)cc1. The number of para-hydroxylation sites is 3. The highest BCUT2D eigenvalue weighted by Gasteiger charge is 2.22. The number of fused-ring (bicyclic) bond motifs is 7. The number of nitrogens with zero attached hydrogens (tertiary/aromatic N) is 1. The Hall–Kier alpha value is -6.06. The van der Waals surface area contributed by atoms with E-state index in [0.717, 1.165) is 72.1 Å². The highest BCUT2D eigenvalue weighted by Crippen LogP contribution is 2.46.